The first-order valence-corrected chi connectivity index (χ1v) is 10.3. The Kier molecular flexibility index (Phi) is 7.42. The SMILES string of the molecule is CON(C)C(=O)COC(C)c1cc(S(=O)(=O)N2CCCCC2)ccc1Cl. The molecular weight excluding hydrogens is 380 g/mol. The molecule has 1 aromatic rings. The zero-order valence-corrected chi connectivity index (χ0v) is 16.8. The van der Waals surface area contributed by atoms with Gasteiger partial charge in [-0.05, 0) is 38.0 Å². The fourth-order valence-corrected chi connectivity index (χ4v) is 4.55. The van der Waals surface area contributed by atoms with Crippen LogP contribution in [0.4, 0.5) is 0 Å². The van der Waals surface area contributed by atoms with Gasteiger partial charge in [-0.2, -0.15) is 4.31 Å². The Balaban J connectivity index is 2.17. The number of rotatable bonds is 7. The summed E-state index contributed by atoms with van der Waals surface area (Å²) < 4.78 is 32.7. The summed E-state index contributed by atoms with van der Waals surface area (Å²) in [6.07, 6.45) is 2.24. The minimum atomic E-state index is -3.56. The number of sulfonamides is 1. The van der Waals surface area contributed by atoms with Crippen LogP contribution in [-0.2, 0) is 24.4 Å². The lowest BCUT2D eigenvalue weighted by Gasteiger charge is -2.26. The van der Waals surface area contributed by atoms with Crippen LogP contribution in [-0.4, -0.2) is 57.5 Å². The van der Waals surface area contributed by atoms with E-state index in [1.165, 1.54) is 30.6 Å². The second-order valence-electron chi connectivity index (χ2n) is 6.18. The molecule has 1 saturated heterocycles. The van der Waals surface area contributed by atoms with E-state index in [-0.39, 0.29) is 17.4 Å². The monoisotopic (exact) mass is 404 g/mol. The average Bonchev–Trinajstić information content (AvgIpc) is 2.65. The van der Waals surface area contributed by atoms with E-state index >= 15 is 0 Å². The van der Waals surface area contributed by atoms with Crippen molar-refractivity contribution in [1.82, 2.24) is 9.37 Å². The Bertz CT molecular complexity index is 735. The minimum absolute atomic E-state index is 0.189. The van der Waals surface area contributed by atoms with Crippen molar-refractivity contribution in [2.24, 2.45) is 0 Å². The Morgan fingerprint density at radius 2 is 1.96 bits per heavy atom. The number of amides is 1. The molecule has 0 saturated carbocycles. The maximum Gasteiger partial charge on any atom is 0.271 e. The third kappa shape index (κ3) is 4.95. The number of hydrogen-bond acceptors (Lipinski definition) is 5. The standard InChI is InChI=1S/C17H25ClN2O5S/c1-13(25-12-17(21)19(2)24-3)15-11-14(7-8-16(15)18)26(22,23)20-9-5-4-6-10-20/h7-8,11,13H,4-6,9-10,12H2,1-3H3. The molecule has 7 nitrogen and oxygen atoms in total. The molecular formula is C17H25ClN2O5S. The van der Waals surface area contributed by atoms with E-state index in [1.807, 2.05) is 0 Å². The quantitative estimate of drug-likeness (QED) is 0.653. The molecule has 1 aromatic carbocycles. The predicted octanol–water partition coefficient (Wildman–Crippen LogP) is 2.61. The van der Waals surface area contributed by atoms with E-state index in [4.69, 9.17) is 21.2 Å². The normalized spacial score (nSPS) is 17.1. The summed E-state index contributed by atoms with van der Waals surface area (Å²) >= 11 is 6.22. The topological polar surface area (TPSA) is 76.1 Å². The van der Waals surface area contributed by atoms with Crippen LogP contribution in [0.3, 0.4) is 0 Å². The van der Waals surface area contributed by atoms with Crippen molar-refractivity contribution in [1.29, 1.82) is 0 Å². The summed E-state index contributed by atoms with van der Waals surface area (Å²) in [5, 5.41) is 1.45. The Morgan fingerprint density at radius 3 is 2.58 bits per heavy atom. The molecule has 0 aliphatic carbocycles. The Morgan fingerprint density at radius 1 is 1.31 bits per heavy atom. The Labute approximate surface area is 159 Å². The fraction of sp³-hybridized carbons (Fsp3) is 0.588. The van der Waals surface area contributed by atoms with E-state index < -0.39 is 16.1 Å². The zero-order chi connectivity index (χ0) is 19.3. The van der Waals surface area contributed by atoms with Crippen LogP contribution in [0.15, 0.2) is 23.1 Å². The van der Waals surface area contributed by atoms with Crippen molar-refractivity contribution in [3.8, 4) is 0 Å². The number of hydrogen-bond donors (Lipinski definition) is 0. The van der Waals surface area contributed by atoms with Gasteiger partial charge in [0.15, 0.2) is 0 Å². The van der Waals surface area contributed by atoms with Crippen molar-refractivity contribution in [2.45, 2.75) is 37.2 Å². The summed E-state index contributed by atoms with van der Waals surface area (Å²) in [5.41, 5.74) is 0.526. The lowest BCUT2D eigenvalue weighted by molar-refractivity contribution is -0.175. The molecule has 9 heteroatoms. The van der Waals surface area contributed by atoms with Gasteiger partial charge in [0, 0.05) is 30.7 Å². The molecule has 0 radical (unpaired) electrons. The third-order valence-electron chi connectivity index (χ3n) is 4.44. The summed E-state index contributed by atoms with van der Waals surface area (Å²) in [6, 6.07) is 4.59. The number of hydroxylamine groups is 2. The van der Waals surface area contributed by atoms with Gasteiger partial charge in [-0.15, -0.1) is 0 Å². The first-order valence-electron chi connectivity index (χ1n) is 8.49. The molecule has 0 spiro atoms. The van der Waals surface area contributed by atoms with Crippen molar-refractivity contribution in [3.63, 3.8) is 0 Å². The van der Waals surface area contributed by atoms with Crippen molar-refractivity contribution < 1.29 is 22.8 Å². The van der Waals surface area contributed by atoms with Gasteiger partial charge in [0.25, 0.3) is 5.91 Å². The highest BCUT2D eigenvalue weighted by atomic mass is 35.5. The van der Waals surface area contributed by atoms with Crippen LogP contribution in [0.5, 0.6) is 0 Å². The number of carbonyl (C=O) groups is 1. The molecule has 0 aromatic heterocycles. The highest BCUT2D eigenvalue weighted by Crippen LogP contribution is 2.30. The molecule has 146 valence electrons. The number of benzene rings is 1. The molecule has 1 heterocycles. The van der Waals surface area contributed by atoms with Gasteiger partial charge < -0.3 is 4.74 Å². The van der Waals surface area contributed by atoms with Crippen molar-refractivity contribution in [2.75, 3.05) is 33.9 Å². The second-order valence-corrected chi connectivity index (χ2v) is 8.52. The molecule has 26 heavy (non-hydrogen) atoms. The highest BCUT2D eigenvalue weighted by Gasteiger charge is 2.27. The average molecular weight is 405 g/mol. The van der Waals surface area contributed by atoms with Crippen LogP contribution in [0.25, 0.3) is 0 Å². The van der Waals surface area contributed by atoms with Crippen molar-refractivity contribution >= 4 is 27.5 Å². The number of piperidine rings is 1. The minimum Gasteiger partial charge on any atom is -0.364 e. The summed E-state index contributed by atoms with van der Waals surface area (Å²) in [7, 11) is -0.696. The van der Waals surface area contributed by atoms with Gasteiger partial charge in [-0.3, -0.25) is 9.63 Å². The lowest BCUT2D eigenvalue weighted by Crippen LogP contribution is -2.35. The molecule has 0 bridgehead atoms. The van der Waals surface area contributed by atoms with Crippen LogP contribution < -0.4 is 0 Å². The number of ether oxygens (including phenoxy) is 1. The number of nitrogens with zero attached hydrogens (tertiary/aromatic N) is 2. The molecule has 2 rings (SSSR count). The van der Waals surface area contributed by atoms with E-state index in [9.17, 15) is 13.2 Å². The highest BCUT2D eigenvalue weighted by molar-refractivity contribution is 7.89. The summed E-state index contributed by atoms with van der Waals surface area (Å²) in [5.74, 6) is -0.354. The predicted molar refractivity (Wildman–Crippen MR) is 98.2 cm³/mol. The summed E-state index contributed by atoms with van der Waals surface area (Å²) in [4.78, 5) is 16.8. The number of carbonyl (C=O) groups excluding carboxylic acids is 1. The summed E-state index contributed by atoms with van der Waals surface area (Å²) in [6.45, 7) is 2.58. The number of likely N-dealkylation sites (N-methyl/N-ethyl adjacent to an activating group) is 1. The van der Waals surface area contributed by atoms with Gasteiger partial charge in [-0.1, -0.05) is 18.0 Å². The van der Waals surface area contributed by atoms with Crippen LogP contribution >= 0.6 is 11.6 Å². The maximum absolute atomic E-state index is 12.8. The molecule has 1 amide bonds. The third-order valence-corrected chi connectivity index (χ3v) is 6.68. The molecule has 1 atom stereocenters. The van der Waals surface area contributed by atoms with Crippen LogP contribution in [0, 0.1) is 0 Å². The van der Waals surface area contributed by atoms with Crippen LogP contribution in [0.1, 0.15) is 37.9 Å². The molecule has 1 unspecified atom stereocenters. The fourth-order valence-electron chi connectivity index (χ4n) is 2.73. The van der Waals surface area contributed by atoms with Gasteiger partial charge in [0.05, 0.1) is 18.1 Å². The molecule has 1 fully saturated rings. The smallest absolute Gasteiger partial charge is 0.271 e. The van der Waals surface area contributed by atoms with Gasteiger partial charge in [-0.25, -0.2) is 13.5 Å². The number of halogens is 1. The molecule has 1 aliphatic heterocycles. The van der Waals surface area contributed by atoms with E-state index in [2.05, 4.69) is 0 Å². The first kappa shape index (κ1) is 21.1. The van der Waals surface area contributed by atoms with Gasteiger partial charge in [0.1, 0.15) is 6.61 Å². The van der Waals surface area contributed by atoms with E-state index in [1.54, 1.807) is 13.0 Å². The second kappa shape index (κ2) is 9.14. The van der Waals surface area contributed by atoms with Gasteiger partial charge >= 0.3 is 0 Å². The lowest BCUT2D eigenvalue weighted by atomic mass is 10.1. The maximum atomic E-state index is 12.8. The van der Waals surface area contributed by atoms with Gasteiger partial charge in [0.2, 0.25) is 10.0 Å². The van der Waals surface area contributed by atoms with Crippen LogP contribution in [0.2, 0.25) is 5.02 Å². The first-order chi connectivity index (χ1) is 12.3. The Hall–Kier alpha value is -1.19. The molecule has 1 aliphatic rings. The molecule has 0 N–H and O–H groups in total. The van der Waals surface area contributed by atoms with Crippen molar-refractivity contribution in [3.05, 3.63) is 28.8 Å². The zero-order valence-electron chi connectivity index (χ0n) is 15.3. The largest absolute Gasteiger partial charge is 0.364 e. The van der Waals surface area contributed by atoms with E-state index in [0.29, 0.717) is 23.7 Å². The van der Waals surface area contributed by atoms with E-state index in [0.717, 1.165) is 24.3 Å².